The van der Waals surface area contributed by atoms with E-state index in [-0.39, 0.29) is 0 Å². The summed E-state index contributed by atoms with van der Waals surface area (Å²) in [7, 11) is 0. The highest BCUT2D eigenvalue weighted by atomic mass is 16.2. The lowest BCUT2D eigenvalue weighted by Crippen LogP contribution is -2.44. The minimum absolute atomic E-state index is 0.313. The number of likely N-dealkylation sites (tertiary alicyclic amines) is 1. The molecule has 0 atom stereocenters. The van der Waals surface area contributed by atoms with Crippen LogP contribution < -0.4 is 0 Å². The molecule has 0 unspecified atom stereocenters. The predicted octanol–water partition coefficient (Wildman–Crippen LogP) is 2.33. The van der Waals surface area contributed by atoms with Gasteiger partial charge in [0, 0.05) is 18.5 Å². The first-order valence-corrected chi connectivity index (χ1v) is 5.59. The van der Waals surface area contributed by atoms with E-state index in [1.54, 1.807) is 0 Å². The number of hydrogen-bond acceptors (Lipinski definition) is 1. The van der Waals surface area contributed by atoms with Gasteiger partial charge < -0.3 is 4.90 Å². The molecule has 0 aromatic heterocycles. The van der Waals surface area contributed by atoms with Crippen molar-refractivity contribution in [3.8, 4) is 0 Å². The zero-order valence-electron chi connectivity index (χ0n) is 8.51. The molecule has 1 saturated heterocycles. The van der Waals surface area contributed by atoms with E-state index in [9.17, 15) is 4.79 Å². The maximum atomic E-state index is 11.7. The van der Waals surface area contributed by atoms with Gasteiger partial charge in [0.25, 0.3) is 0 Å². The van der Waals surface area contributed by atoms with Crippen LogP contribution in [0.5, 0.6) is 0 Å². The van der Waals surface area contributed by atoms with E-state index in [1.165, 1.54) is 38.5 Å². The molecule has 2 aliphatic rings. The van der Waals surface area contributed by atoms with Crippen LogP contribution in [-0.4, -0.2) is 22.9 Å². The van der Waals surface area contributed by atoms with Crippen molar-refractivity contribution in [2.75, 3.05) is 6.54 Å². The lowest BCUT2D eigenvalue weighted by Gasteiger charge is -2.35. The Morgan fingerprint density at radius 2 is 1.85 bits per heavy atom. The molecular weight excluding hydrogens is 162 g/mol. The van der Waals surface area contributed by atoms with Crippen molar-refractivity contribution in [3.63, 3.8) is 0 Å². The summed E-state index contributed by atoms with van der Waals surface area (Å²) in [5.41, 5.74) is 0.313. The molecule has 74 valence electrons. The molecule has 1 aliphatic carbocycles. The molecule has 2 nitrogen and oxygen atoms in total. The van der Waals surface area contributed by atoms with E-state index in [0.29, 0.717) is 17.9 Å². The van der Waals surface area contributed by atoms with E-state index >= 15 is 0 Å². The zero-order chi connectivity index (χ0) is 9.31. The Balaban J connectivity index is 2.13. The lowest BCUT2D eigenvalue weighted by molar-refractivity contribution is -0.134. The normalized spacial score (nSPS) is 25.8. The second-order valence-electron chi connectivity index (χ2n) is 4.43. The topological polar surface area (TPSA) is 20.3 Å². The van der Waals surface area contributed by atoms with Crippen LogP contribution in [-0.2, 0) is 4.79 Å². The summed E-state index contributed by atoms with van der Waals surface area (Å²) in [6.45, 7) is 3.00. The van der Waals surface area contributed by atoms with E-state index in [4.69, 9.17) is 0 Å². The number of amides is 1. The Labute approximate surface area is 80.3 Å². The Kier molecular flexibility index (Phi) is 2.31. The molecular formula is C11H19NO. The Morgan fingerprint density at radius 1 is 1.23 bits per heavy atom. The summed E-state index contributed by atoms with van der Waals surface area (Å²) in [5.74, 6) is 0.374. The van der Waals surface area contributed by atoms with Gasteiger partial charge >= 0.3 is 0 Å². The van der Waals surface area contributed by atoms with Gasteiger partial charge in [-0.3, -0.25) is 4.79 Å². The van der Waals surface area contributed by atoms with Crippen LogP contribution in [0.15, 0.2) is 0 Å². The van der Waals surface area contributed by atoms with Crippen LogP contribution in [0.3, 0.4) is 0 Å². The first-order chi connectivity index (χ1) is 6.28. The molecule has 1 saturated carbocycles. The van der Waals surface area contributed by atoms with Gasteiger partial charge in [-0.25, -0.2) is 0 Å². The number of carbonyl (C=O) groups excluding carboxylic acids is 1. The fraction of sp³-hybridized carbons (Fsp3) is 0.909. The van der Waals surface area contributed by atoms with Crippen molar-refractivity contribution >= 4 is 5.91 Å². The minimum atomic E-state index is 0.313. The molecule has 2 fully saturated rings. The number of nitrogens with zero attached hydrogens (tertiary/aromatic N) is 1. The Morgan fingerprint density at radius 3 is 2.46 bits per heavy atom. The average Bonchev–Trinajstić information content (AvgIpc) is 2.76. The van der Waals surface area contributed by atoms with Crippen LogP contribution in [0.4, 0.5) is 0 Å². The van der Waals surface area contributed by atoms with Crippen molar-refractivity contribution in [2.45, 2.75) is 57.4 Å². The maximum absolute atomic E-state index is 11.7. The summed E-state index contributed by atoms with van der Waals surface area (Å²) >= 11 is 0. The van der Waals surface area contributed by atoms with Gasteiger partial charge in [-0.15, -0.1) is 0 Å². The summed E-state index contributed by atoms with van der Waals surface area (Å²) in [4.78, 5) is 13.9. The Bertz CT molecular complexity index is 201. The van der Waals surface area contributed by atoms with Crippen LogP contribution in [0.2, 0.25) is 0 Å². The van der Waals surface area contributed by atoms with Gasteiger partial charge in [-0.05, 0) is 25.7 Å². The second kappa shape index (κ2) is 3.32. The summed E-state index contributed by atoms with van der Waals surface area (Å²) < 4.78 is 0. The highest BCUT2D eigenvalue weighted by molar-refractivity contribution is 5.77. The molecule has 13 heavy (non-hydrogen) atoms. The third-order valence-corrected chi connectivity index (χ3v) is 3.73. The van der Waals surface area contributed by atoms with Crippen LogP contribution >= 0.6 is 0 Å². The molecule has 0 bridgehead atoms. The summed E-state index contributed by atoms with van der Waals surface area (Å²) in [6.07, 6.45) is 8.35. The van der Waals surface area contributed by atoms with Gasteiger partial charge in [0.15, 0.2) is 0 Å². The molecule has 0 N–H and O–H groups in total. The standard InChI is InChI=1S/C11H19NO/c1-2-10(13)12-9-5-8-11(12)6-3-4-7-11/h2-9H2,1H3. The van der Waals surface area contributed by atoms with Crippen molar-refractivity contribution in [3.05, 3.63) is 0 Å². The lowest BCUT2D eigenvalue weighted by atomic mass is 9.94. The first kappa shape index (κ1) is 9.04. The monoisotopic (exact) mass is 181 g/mol. The number of rotatable bonds is 1. The maximum Gasteiger partial charge on any atom is 0.222 e. The van der Waals surface area contributed by atoms with Crippen molar-refractivity contribution in [2.24, 2.45) is 0 Å². The van der Waals surface area contributed by atoms with Crippen molar-refractivity contribution in [1.29, 1.82) is 0 Å². The van der Waals surface area contributed by atoms with Gasteiger partial charge in [0.1, 0.15) is 0 Å². The van der Waals surface area contributed by atoms with E-state index in [1.807, 2.05) is 6.92 Å². The smallest absolute Gasteiger partial charge is 0.222 e. The molecule has 0 aromatic rings. The SMILES string of the molecule is CCC(=O)N1CCCC12CCCC2. The summed E-state index contributed by atoms with van der Waals surface area (Å²) in [6, 6.07) is 0. The summed E-state index contributed by atoms with van der Waals surface area (Å²) in [5, 5.41) is 0. The Hall–Kier alpha value is -0.530. The molecule has 1 amide bonds. The van der Waals surface area contributed by atoms with Gasteiger partial charge in [0.2, 0.25) is 5.91 Å². The molecule has 1 heterocycles. The van der Waals surface area contributed by atoms with Crippen LogP contribution in [0.1, 0.15) is 51.9 Å². The number of carbonyl (C=O) groups is 1. The van der Waals surface area contributed by atoms with Crippen molar-refractivity contribution in [1.82, 2.24) is 4.90 Å². The largest absolute Gasteiger partial charge is 0.337 e. The third kappa shape index (κ3) is 1.36. The quantitative estimate of drug-likeness (QED) is 0.608. The molecule has 1 spiro atoms. The van der Waals surface area contributed by atoms with Crippen LogP contribution in [0.25, 0.3) is 0 Å². The highest BCUT2D eigenvalue weighted by Gasteiger charge is 2.44. The first-order valence-electron chi connectivity index (χ1n) is 5.59. The fourth-order valence-electron chi connectivity index (χ4n) is 3.07. The van der Waals surface area contributed by atoms with Gasteiger partial charge in [-0.1, -0.05) is 19.8 Å². The molecule has 0 radical (unpaired) electrons. The van der Waals surface area contributed by atoms with Gasteiger partial charge in [0.05, 0.1) is 0 Å². The molecule has 1 aliphatic heterocycles. The van der Waals surface area contributed by atoms with Crippen LogP contribution in [0, 0.1) is 0 Å². The third-order valence-electron chi connectivity index (χ3n) is 3.73. The highest BCUT2D eigenvalue weighted by Crippen LogP contribution is 2.43. The average molecular weight is 181 g/mol. The molecule has 0 aromatic carbocycles. The second-order valence-corrected chi connectivity index (χ2v) is 4.43. The number of hydrogen-bond donors (Lipinski definition) is 0. The van der Waals surface area contributed by atoms with Gasteiger partial charge in [-0.2, -0.15) is 0 Å². The molecule has 2 heteroatoms. The van der Waals surface area contributed by atoms with Crippen molar-refractivity contribution < 1.29 is 4.79 Å². The molecule has 2 rings (SSSR count). The minimum Gasteiger partial charge on any atom is -0.337 e. The van der Waals surface area contributed by atoms with E-state index < -0.39 is 0 Å². The van der Waals surface area contributed by atoms with E-state index in [0.717, 1.165) is 6.54 Å². The predicted molar refractivity (Wildman–Crippen MR) is 52.4 cm³/mol. The van der Waals surface area contributed by atoms with E-state index in [2.05, 4.69) is 4.90 Å². The fourth-order valence-corrected chi connectivity index (χ4v) is 3.07. The zero-order valence-corrected chi connectivity index (χ0v) is 8.51.